The van der Waals surface area contributed by atoms with Gasteiger partial charge < -0.3 is 9.47 Å². The van der Waals surface area contributed by atoms with Crippen LogP contribution in [0.4, 0.5) is 0 Å². The first-order valence-corrected chi connectivity index (χ1v) is 13.4. The van der Waals surface area contributed by atoms with Gasteiger partial charge in [0.25, 0.3) is 0 Å². The third-order valence-corrected chi connectivity index (χ3v) is 10.5. The van der Waals surface area contributed by atoms with Gasteiger partial charge in [0.15, 0.2) is 0 Å². The summed E-state index contributed by atoms with van der Waals surface area (Å²) in [5, 5.41) is 0. The van der Waals surface area contributed by atoms with Crippen LogP contribution >= 0.6 is 21.6 Å². The molecule has 0 aromatic heterocycles. The van der Waals surface area contributed by atoms with Crippen molar-refractivity contribution in [3.8, 4) is 0 Å². The predicted octanol–water partition coefficient (Wildman–Crippen LogP) is 7.20. The van der Waals surface area contributed by atoms with Crippen molar-refractivity contribution in [1.29, 1.82) is 0 Å². The van der Waals surface area contributed by atoms with Gasteiger partial charge in [0.1, 0.15) is 13.2 Å². The molecule has 0 atom stereocenters. The zero-order valence-corrected chi connectivity index (χ0v) is 21.1. The minimum Gasteiger partial charge on any atom is -0.461 e. The highest BCUT2D eigenvalue weighted by Crippen LogP contribution is 2.50. The molecule has 2 aromatic rings. The standard InChI is InChI=1S/C26H34O4S2/c1-5-25(6-2,19-29-23(27)21-15-11-9-12-16-21)31-32-26(7-3,8-4)20-30-24(28)22-17-13-10-14-18-22/h9-18H,5-8,19-20H2,1-4H3. The summed E-state index contributed by atoms with van der Waals surface area (Å²) in [4.78, 5) is 24.9. The highest BCUT2D eigenvalue weighted by atomic mass is 33.1. The van der Waals surface area contributed by atoms with Gasteiger partial charge in [-0.1, -0.05) is 85.7 Å². The fraction of sp³-hybridized carbons (Fsp3) is 0.462. The SMILES string of the molecule is CCC(CC)(COC(=O)c1ccccc1)SSC(CC)(CC)COC(=O)c1ccccc1. The zero-order valence-electron chi connectivity index (χ0n) is 19.5. The van der Waals surface area contributed by atoms with Crippen molar-refractivity contribution < 1.29 is 19.1 Å². The van der Waals surface area contributed by atoms with Crippen LogP contribution in [0.1, 0.15) is 74.1 Å². The van der Waals surface area contributed by atoms with Gasteiger partial charge in [-0.25, -0.2) is 9.59 Å². The van der Waals surface area contributed by atoms with Gasteiger partial charge in [0.2, 0.25) is 0 Å². The Morgan fingerprint density at radius 2 is 0.938 bits per heavy atom. The van der Waals surface area contributed by atoms with Crippen molar-refractivity contribution in [3.63, 3.8) is 0 Å². The van der Waals surface area contributed by atoms with E-state index in [-0.39, 0.29) is 21.4 Å². The molecule has 32 heavy (non-hydrogen) atoms. The van der Waals surface area contributed by atoms with Gasteiger partial charge in [0, 0.05) is 0 Å². The Labute approximate surface area is 200 Å². The Bertz CT molecular complexity index is 760. The summed E-state index contributed by atoms with van der Waals surface area (Å²) >= 11 is 0. The normalized spacial score (nSPS) is 11.8. The predicted molar refractivity (Wildman–Crippen MR) is 135 cm³/mol. The minimum atomic E-state index is -0.295. The van der Waals surface area contributed by atoms with E-state index < -0.39 is 0 Å². The molecule has 0 saturated carbocycles. The largest absolute Gasteiger partial charge is 0.461 e. The third-order valence-electron chi connectivity index (χ3n) is 5.92. The number of esters is 2. The van der Waals surface area contributed by atoms with Crippen molar-refractivity contribution in [1.82, 2.24) is 0 Å². The molecule has 0 aliphatic carbocycles. The lowest BCUT2D eigenvalue weighted by atomic mass is 10.0. The Kier molecular flexibility index (Phi) is 10.7. The molecule has 2 aromatic carbocycles. The van der Waals surface area contributed by atoms with E-state index in [1.165, 1.54) is 0 Å². The van der Waals surface area contributed by atoms with Crippen LogP contribution in [-0.2, 0) is 9.47 Å². The fourth-order valence-electron chi connectivity index (χ4n) is 3.08. The summed E-state index contributed by atoms with van der Waals surface area (Å²) in [6.07, 6.45) is 3.49. The van der Waals surface area contributed by atoms with E-state index in [0.29, 0.717) is 24.3 Å². The van der Waals surface area contributed by atoms with Crippen LogP contribution in [0.2, 0.25) is 0 Å². The number of hydrogen-bond donors (Lipinski definition) is 0. The van der Waals surface area contributed by atoms with Crippen LogP contribution in [-0.4, -0.2) is 34.6 Å². The van der Waals surface area contributed by atoms with E-state index in [0.717, 1.165) is 25.7 Å². The lowest BCUT2D eigenvalue weighted by molar-refractivity contribution is 0.0448. The van der Waals surface area contributed by atoms with Crippen LogP contribution in [0.25, 0.3) is 0 Å². The van der Waals surface area contributed by atoms with E-state index >= 15 is 0 Å². The molecule has 0 N–H and O–H groups in total. The molecule has 2 rings (SSSR count). The molecule has 0 fully saturated rings. The average molecular weight is 475 g/mol. The summed E-state index contributed by atoms with van der Waals surface area (Å²) in [5.74, 6) is -0.590. The van der Waals surface area contributed by atoms with Crippen LogP contribution in [0.5, 0.6) is 0 Å². The zero-order chi connectivity index (χ0) is 23.5. The number of carbonyl (C=O) groups is 2. The molecule has 0 heterocycles. The quantitative estimate of drug-likeness (QED) is 0.226. The molecule has 0 spiro atoms. The Morgan fingerprint density at radius 1 is 0.625 bits per heavy atom. The molecule has 0 unspecified atom stereocenters. The summed E-state index contributed by atoms with van der Waals surface area (Å²) in [6, 6.07) is 18.2. The van der Waals surface area contributed by atoms with E-state index in [4.69, 9.17) is 9.47 Å². The van der Waals surface area contributed by atoms with Gasteiger partial charge in [-0.3, -0.25) is 0 Å². The van der Waals surface area contributed by atoms with E-state index in [1.54, 1.807) is 45.9 Å². The first-order valence-electron chi connectivity index (χ1n) is 11.2. The molecule has 0 bridgehead atoms. The molecule has 0 aliphatic rings. The molecular weight excluding hydrogens is 440 g/mol. The number of carbonyl (C=O) groups excluding carboxylic acids is 2. The molecular formula is C26H34O4S2. The van der Waals surface area contributed by atoms with Crippen molar-refractivity contribution >= 4 is 33.5 Å². The lowest BCUT2D eigenvalue weighted by Crippen LogP contribution is -2.34. The number of hydrogen-bond acceptors (Lipinski definition) is 6. The number of benzene rings is 2. The summed E-state index contributed by atoms with van der Waals surface area (Å²) in [5.41, 5.74) is 1.13. The van der Waals surface area contributed by atoms with Gasteiger partial charge in [-0.2, -0.15) is 0 Å². The second-order valence-corrected chi connectivity index (χ2v) is 10.9. The number of ether oxygens (including phenoxy) is 2. The van der Waals surface area contributed by atoms with E-state index in [9.17, 15) is 9.59 Å². The minimum absolute atomic E-state index is 0.200. The number of rotatable bonds is 13. The summed E-state index contributed by atoms with van der Waals surface area (Å²) in [6.45, 7) is 9.20. The first kappa shape index (κ1) is 26.3. The molecule has 0 amide bonds. The molecule has 0 saturated heterocycles. The molecule has 174 valence electrons. The second kappa shape index (κ2) is 12.9. The van der Waals surface area contributed by atoms with Crippen molar-refractivity contribution in [3.05, 3.63) is 71.8 Å². The van der Waals surface area contributed by atoms with Crippen LogP contribution in [0, 0.1) is 0 Å². The molecule has 0 radical (unpaired) electrons. The van der Waals surface area contributed by atoms with Crippen molar-refractivity contribution in [2.75, 3.05) is 13.2 Å². The smallest absolute Gasteiger partial charge is 0.338 e. The average Bonchev–Trinajstić information content (AvgIpc) is 2.87. The maximum atomic E-state index is 12.5. The van der Waals surface area contributed by atoms with Crippen LogP contribution in [0.3, 0.4) is 0 Å². The van der Waals surface area contributed by atoms with Crippen molar-refractivity contribution in [2.45, 2.75) is 62.9 Å². The lowest BCUT2D eigenvalue weighted by Gasteiger charge is -2.36. The molecule has 6 heteroatoms. The maximum absolute atomic E-state index is 12.5. The molecule has 4 nitrogen and oxygen atoms in total. The molecule has 0 aliphatic heterocycles. The monoisotopic (exact) mass is 474 g/mol. The van der Waals surface area contributed by atoms with Gasteiger partial charge >= 0.3 is 11.9 Å². The maximum Gasteiger partial charge on any atom is 0.338 e. The van der Waals surface area contributed by atoms with Gasteiger partial charge in [-0.05, 0) is 49.9 Å². The summed E-state index contributed by atoms with van der Waals surface area (Å²) in [7, 11) is 3.52. The Balaban J connectivity index is 2.01. The van der Waals surface area contributed by atoms with Crippen LogP contribution in [0.15, 0.2) is 60.7 Å². The summed E-state index contributed by atoms with van der Waals surface area (Å²) < 4.78 is 11.0. The second-order valence-electron chi connectivity index (χ2n) is 7.83. The fourth-order valence-corrected chi connectivity index (χ4v) is 6.88. The topological polar surface area (TPSA) is 52.6 Å². The van der Waals surface area contributed by atoms with E-state index in [2.05, 4.69) is 27.7 Å². The third kappa shape index (κ3) is 7.31. The van der Waals surface area contributed by atoms with Gasteiger partial charge in [0.05, 0.1) is 20.6 Å². The van der Waals surface area contributed by atoms with E-state index in [1.807, 2.05) is 36.4 Å². The highest BCUT2D eigenvalue weighted by Gasteiger charge is 2.36. The van der Waals surface area contributed by atoms with Crippen LogP contribution < -0.4 is 0 Å². The first-order chi connectivity index (χ1) is 15.4. The Morgan fingerprint density at radius 3 is 1.22 bits per heavy atom. The highest BCUT2D eigenvalue weighted by molar-refractivity contribution is 8.77. The Hall–Kier alpha value is -1.92. The van der Waals surface area contributed by atoms with Gasteiger partial charge in [-0.15, -0.1) is 0 Å². The van der Waals surface area contributed by atoms with Crippen molar-refractivity contribution in [2.24, 2.45) is 0 Å².